The second kappa shape index (κ2) is 4.04. The highest BCUT2D eigenvalue weighted by Gasteiger charge is 2.26. The Hall–Kier alpha value is -0.320. The van der Waals surface area contributed by atoms with Crippen LogP contribution in [0.4, 0.5) is 0 Å². The third-order valence-electron chi connectivity index (χ3n) is 2.32. The highest BCUT2D eigenvalue weighted by molar-refractivity contribution is 6.33. The molecule has 0 bridgehead atoms. The molecule has 1 heterocycles. The number of halogens is 2. The molecule has 0 saturated carbocycles. The number of nitrogens with one attached hydrogen (secondary N) is 2. The fraction of sp³-hybridized carbons (Fsp3) is 0.333. The summed E-state index contributed by atoms with van der Waals surface area (Å²) in [4.78, 5) is 0. The lowest BCUT2D eigenvalue weighted by Crippen LogP contribution is -2.30. The monoisotopic (exact) mass is 231 g/mol. The van der Waals surface area contributed by atoms with Gasteiger partial charge < -0.3 is 5.73 Å². The molecule has 3 nitrogen and oxygen atoms in total. The Morgan fingerprint density at radius 3 is 2.79 bits per heavy atom. The molecule has 2 atom stereocenters. The van der Waals surface area contributed by atoms with Crippen LogP contribution in [0, 0.1) is 0 Å². The molecular weight excluding hydrogens is 221 g/mol. The van der Waals surface area contributed by atoms with E-state index in [4.69, 9.17) is 28.9 Å². The van der Waals surface area contributed by atoms with Gasteiger partial charge in [0.1, 0.15) is 0 Å². The molecule has 0 aromatic heterocycles. The van der Waals surface area contributed by atoms with Crippen molar-refractivity contribution >= 4 is 23.2 Å². The molecule has 0 amide bonds. The maximum Gasteiger partial charge on any atom is 0.0641 e. The molecule has 0 radical (unpaired) electrons. The van der Waals surface area contributed by atoms with Gasteiger partial charge in [-0.3, -0.25) is 5.43 Å². The van der Waals surface area contributed by atoms with E-state index < -0.39 is 0 Å². The molecule has 76 valence electrons. The first kappa shape index (κ1) is 10.2. The highest BCUT2D eigenvalue weighted by atomic mass is 35.5. The van der Waals surface area contributed by atoms with Crippen LogP contribution in [-0.4, -0.2) is 12.6 Å². The van der Waals surface area contributed by atoms with Gasteiger partial charge in [-0.2, -0.15) is 0 Å². The van der Waals surface area contributed by atoms with Crippen molar-refractivity contribution in [3.05, 3.63) is 33.8 Å². The van der Waals surface area contributed by atoms with Gasteiger partial charge in [-0.05, 0) is 23.8 Å². The third kappa shape index (κ3) is 1.87. The third-order valence-corrected chi connectivity index (χ3v) is 2.90. The predicted molar refractivity (Wildman–Crippen MR) is 58.3 cm³/mol. The van der Waals surface area contributed by atoms with Crippen molar-refractivity contribution in [3.8, 4) is 0 Å². The standard InChI is InChI=1S/C9H11Cl2N3/c10-5-1-2-7(11)6(3-5)9-8(12)4-13-14-9/h1-3,8-9,13-14H,4,12H2. The Morgan fingerprint density at radius 1 is 1.36 bits per heavy atom. The van der Waals surface area contributed by atoms with E-state index in [9.17, 15) is 0 Å². The topological polar surface area (TPSA) is 50.1 Å². The average Bonchev–Trinajstić information content (AvgIpc) is 2.56. The van der Waals surface area contributed by atoms with Gasteiger partial charge in [0.2, 0.25) is 0 Å². The van der Waals surface area contributed by atoms with E-state index in [1.54, 1.807) is 12.1 Å². The maximum absolute atomic E-state index is 6.06. The zero-order valence-electron chi connectivity index (χ0n) is 7.43. The largest absolute Gasteiger partial charge is 0.325 e. The molecule has 0 aliphatic carbocycles. The second-order valence-electron chi connectivity index (χ2n) is 3.33. The van der Waals surface area contributed by atoms with E-state index in [2.05, 4.69) is 10.9 Å². The van der Waals surface area contributed by atoms with E-state index in [-0.39, 0.29) is 12.1 Å². The smallest absolute Gasteiger partial charge is 0.0641 e. The SMILES string of the molecule is NC1CNNC1c1cc(Cl)ccc1Cl. The van der Waals surface area contributed by atoms with E-state index in [1.807, 2.05) is 6.07 Å². The Labute approximate surface area is 92.5 Å². The van der Waals surface area contributed by atoms with Crippen LogP contribution in [0.3, 0.4) is 0 Å². The first-order valence-corrected chi connectivity index (χ1v) is 5.13. The van der Waals surface area contributed by atoms with Crippen molar-refractivity contribution in [1.29, 1.82) is 0 Å². The molecule has 0 spiro atoms. The summed E-state index contributed by atoms with van der Waals surface area (Å²) in [7, 11) is 0. The molecule has 1 aliphatic rings. The zero-order chi connectivity index (χ0) is 10.1. The van der Waals surface area contributed by atoms with Crippen LogP contribution < -0.4 is 16.6 Å². The van der Waals surface area contributed by atoms with Crippen molar-refractivity contribution in [2.75, 3.05) is 6.54 Å². The molecule has 14 heavy (non-hydrogen) atoms. The fourth-order valence-corrected chi connectivity index (χ4v) is 1.99. The zero-order valence-corrected chi connectivity index (χ0v) is 8.94. The second-order valence-corrected chi connectivity index (χ2v) is 4.18. The van der Waals surface area contributed by atoms with Crippen molar-refractivity contribution in [2.45, 2.75) is 12.1 Å². The van der Waals surface area contributed by atoms with Gasteiger partial charge in [0.25, 0.3) is 0 Å². The van der Waals surface area contributed by atoms with Gasteiger partial charge in [0.15, 0.2) is 0 Å². The minimum Gasteiger partial charge on any atom is -0.325 e. The molecule has 1 aromatic carbocycles. The predicted octanol–water partition coefficient (Wildman–Crippen LogP) is 1.47. The van der Waals surface area contributed by atoms with Crippen LogP contribution in [0.2, 0.25) is 10.0 Å². The first-order valence-electron chi connectivity index (χ1n) is 4.37. The van der Waals surface area contributed by atoms with Crippen LogP contribution >= 0.6 is 23.2 Å². The van der Waals surface area contributed by atoms with Gasteiger partial charge in [-0.25, -0.2) is 5.43 Å². The fourth-order valence-electron chi connectivity index (χ4n) is 1.57. The summed E-state index contributed by atoms with van der Waals surface area (Å²) in [5.41, 5.74) is 12.9. The Morgan fingerprint density at radius 2 is 2.14 bits per heavy atom. The normalized spacial score (nSPS) is 26.8. The molecule has 1 saturated heterocycles. The summed E-state index contributed by atoms with van der Waals surface area (Å²) >= 11 is 12.0. The highest BCUT2D eigenvalue weighted by Crippen LogP contribution is 2.28. The summed E-state index contributed by atoms with van der Waals surface area (Å²) in [6.07, 6.45) is 0. The van der Waals surface area contributed by atoms with Crippen molar-refractivity contribution in [2.24, 2.45) is 5.73 Å². The first-order chi connectivity index (χ1) is 6.68. The molecule has 1 aliphatic heterocycles. The molecule has 5 heteroatoms. The van der Waals surface area contributed by atoms with Crippen LogP contribution in [0.1, 0.15) is 11.6 Å². The summed E-state index contributed by atoms with van der Waals surface area (Å²) in [5, 5.41) is 1.36. The van der Waals surface area contributed by atoms with Gasteiger partial charge >= 0.3 is 0 Å². The molecule has 2 rings (SSSR count). The Balaban J connectivity index is 2.34. The van der Waals surface area contributed by atoms with Crippen LogP contribution in [-0.2, 0) is 0 Å². The molecular formula is C9H11Cl2N3. The van der Waals surface area contributed by atoms with E-state index >= 15 is 0 Å². The number of hydrazine groups is 1. The summed E-state index contributed by atoms with van der Waals surface area (Å²) in [6.45, 7) is 0.730. The Kier molecular flexibility index (Phi) is 2.95. The summed E-state index contributed by atoms with van der Waals surface area (Å²) < 4.78 is 0. The number of hydrogen-bond acceptors (Lipinski definition) is 3. The molecule has 1 fully saturated rings. The van der Waals surface area contributed by atoms with Crippen molar-refractivity contribution < 1.29 is 0 Å². The summed E-state index contributed by atoms with van der Waals surface area (Å²) in [5.74, 6) is 0. The van der Waals surface area contributed by atoms with E-state index in [0.29, 0.717) is 10.0 Å². The number of nitrogens with two attached hydrogens (primary N) is 1. The Bertz CT molecular complexity index is 343. The number of hydrogen-bond donors (Lipinski definition) is 3. The van der Waals surface area contributed by atoms with Crippen molar-refractivity contribution in [3.63, 3.8) is 0 Å². The molecule has 4 N–H and O–H groups in total. The lowest BCUT2D eigenvalue weighted by atomic mass is 10.0. The van der Waals surface area contributed by atoms with Crippen LogP contribution in [0.5, 0.6) is 0 Å². The molecule has 2 unspecified atom stereocenters. The lowest BCUT2D eigenvalue weighted by Gasteiger charge is -2.16. The van der Waals surface area contributed by atoms with E-state index in [1.165, 1.54) is 0 Å². The van der Waals surface area contributed by atoms with Gasteiger partial charge in [-0.15, -0.1) is 0 Å². The maximum atomic E-state index is 6.06. The average molecular weight is 232 g/mol. The number of benzene rings is 1. The van der Waals surface area contributed by atoms with Gasteiger partial charge in [0, 0.05) is 22.6 Å². The summed E-state index contributed by atoms with van der Waals surface area (Å²) in [6, 6.07) is 5.44. The lowest BCUT2D eigenvalue weighted by molar-refractivity contribution is 0.551. The minimum atomic E-state index is 0.0194. The minimum absolute atomic E-state index is 0.0194. The van der Waals surface area contributed by atoms with E-state index in [0.717, 1.165) is 12.1 Å². The number of rotatable bonds is 1. The quantitative estimate of drug-likeness (QED) is 0.687. The van der Waals surface area contributed by atoms with Crippen molar-refractivity contribution in [1.82, 2.24) is 10.9 Å². The van der Waals surface area contributed by atoms with Gasteiger partial charge in [0.05, 0.1) is 6.04 Å². The van der Waals surface area contributed by atoms with Crippen LogP contribution in [0.25, 0.3) is 0 Å². The van der Waals surface area contributed by atoms with Crippen LogP contribution in [0.15, 0.2) is 18.2 Å². The van der Waals surface area contributed by atoms with Gasteiger partial charge in [-0.1, -0.05) is 23.2 Å². The molecule has 1 aromatic rings.